The molecule has 0 fully saturated rings. The van der Waals surface area contributed by atoms with Crippen molar-refractivity contribution in [1.29, 1.82) is 0 Å². The van der Waals surface area contributed by atoms with Gasteiger partial charge in [-0.15, -0.1) is 0 Å². The molecule has 0 amide bonds. The smallest absolute Gasteiger partial charge is 0.316 e. The van der Waals surface area contributed by atoms with Crippen molar-refractivity contribution in [2.75, 3.05) is 0 Å². The van der Waals surface area contributed by atoms with Gasteiger partial charge in [-0.2, -0.15) is 5.10 Å². The van der Waals surface area contributed by atoms with Gasteiger partial charge in [-0.1, -0.05) is 13.0 Å². The first-order chi connectivity index (χ1) is 12.0. The molecular weight excluding hydrogens is 314 g/mol. The third-order valence-electron chi connectivity index (χ3n) is 4.29. The van der Waals surface area contributed by atoms with E-state index in [0.29, 0.717) is 5.75 Å². The highest BCUT2D eigenvalue weighted by Crippen LogP contribution is 2.24. The molecule has 3 aromatic rings. The summed E-state index contributed by atoms with van der Waals surface area (Å²) in [5, 5.41) is 4.37. The summed E-state index contributed by atoms with van der Waals surface area (Å²) in [6.45, 7) is 5.74. The Hall–Kier alpha value is -2.95. The van der Waals surface area contributed by atoms with Gasteiger partial charge in [0, 0.05) is 18.0 Å². The van der Waals surface area contributed by atoms with Crippen LogP contribution in [0.25, 0.3) is 16.9 Å². The minimum absolute atomic E-state index is 0.223. The van der Waals surface area contributed by atoms with Crippen LogP contribution in [0, 0.1) is 5.41 Å². The van der Waals surface area contributed by atoms with Crippen molar-refractivity contribution >= 4 is 5.97 Å². The maximum Gasteiger partial charge on any atom is 0.316 e. The Bertz CT molecular complexity index is 852. The van der Waals surface area contributed by atoms with Crippen LogP contribution in [-0.2, 0) is 4.79 Å². The van der Waals surface area contributed by atoms with E-state index in [2.05, 4.69) is 10.1 Å². The lowest BCUT2D eigenvalue weighted by Crippen LogP contribution is -2.28. The van der Waals surface area contributed by atoms with Crippen LogP contribution in [0.15, 0.2) is 61.1 Å². The zero-order valence-electron chi connectivity index (χ0n) is 14.6. The third-order valence-corrected chi connectivity index (χ3v) is 4.29. The highest BCUT2D eigenvalue weighted by atomic mass is 16.5. The van der Waals surface area contributed by atoms with Crippen LogP contribution >= 0.6 is 0 Å². The molecule has 5 nitrogen and oxygen atoms in total. The Morgan fingerprint density at radius 1 is 1.16 bits per heavy atom. The van der Waals surface area contributed by atoms with Gasteiger partial charge >= 0.3 is 5.97 Å². The van der Waals surface area contributed by atoms with E-state index in [1.54, 1.807) is 29.2 Å². The number of ether oxygens (including phenoxy) is 1. The topological polar surface area (TPSA) is 57.0 Å². The Balaban J connectivity index is 1.75. The third kappa shape index (κ3) is 3.76. The molecule has 0 N–H and O–H groups in total. The van der Waals surface area contributed by atoms with Gasteiger partial charge in [-0.3, -0.25) is 9.78 Å². The number of carbonyl (C=O) groups is 1. The minimum Gasteiger partial charge on any atom is -0.426 e. The van der Waals surface area contributed by atoms with E-state index in [1.165, 1.54) is 0 Å². The quantitative estimate of drug-likeness (QED) is 0.516. The maximum atomic E-state index is 12.1. The fourth-order valence-corrected chi connectivity index (χ4v) is 2.19. The van der Waals surface area contributed by atoms with Gasteiger partial charge in [0.1, 0.15) is 5.75 Å². The maximum absolute atomic E-state index is 12.1. The predicted octanol–water partition coefficient (Wildman–Crippen LogP) is 4.28. The number of pyridine rings is 1. The molecule has 2 heterocycles. The lowest BCUT2D eigenvalue weighted by Gasteiger charge is -2.20. The molecule has 0 radical (unpaired) electrons. The van der Waals surface area contributed by atoms with Crippen molar-refractivity contribution in [2.45, 2.75) is 27.2 Å². The number of hydrogen-bond acceptors (Lipinski definition) is 4. The van der Waals surface area contributed by atoms with Crippen molar-refractivity contribution in [3.63, 3.8) is 0 Å². The lowest BCUT2D eigenvalue weighted by molar-refractivity contribution is -0.144. The van der Waals surface area contributed by atoms with Gasteiger partial charge in [0.05, 0.1) is 23.0 Å². The molecule has 0 saturated heterocycles. The largest absolute Gasteiger partial charge is 0.426 e. The summed E-state index contributed by atoms with van der Waals surface area (Å²) >= 11 is 0. The first-order valence-electron chi connectivity index (χ1n) is 8.28. The number of carbonyl (C=O) groups excluding carboxylic acids is 1. The van der Waals surface area contributed by atoms with Crippen molar-refractivity contribution in [2.24, 2.45) is 5.41 Å². The summed E-state index contributed by atoms with van der Waals surface area (Å²) in [6.07, 6.45) is 6.19. The average molecular weight is 335 g/mol. The van der Waals surface area contributed by atoms with Crippen LogP contribution in [0.2, 0.25) is 0 Å². The van der Waals surface area contributed by atoms with Gasteiger partial charge in [0.25, 0.3) is 0 Å². The monoisotopic (exact) mass is 335 g/mol. The number of nitrogens with zero attached hydrogens (tertiary/aromatic N) is 3. The number of aromatic nitrogens is 3. The summed E-state index contributed by atoms with van der Waals surface area (Å²) < 4.78 is 7.23. The second kappa shape index (κ2) is 6.89. The molecule has 0 aliphatic rings. The molecule has 0 atom stereocenters. The van der Waals surface area contributed by atoms with Crippen LogP contribution in [-0.4, -0.2) is 20.7 Å². The van der Waals surface area contributed by atoms with Gasteiger partial charge in [-0.05, 0) is 56.7 Å². The van der Waals surface area contributed by atoms with E-state index in [0.717, 1.165) is 23.4 Å². The van der Waals surface area contributed by atoms with Gasteiger partial charge < -0.3 is 4.74 Å². The summed E-state index contributed by atoms with van der Waals surface area (Å²) in [6, 6.07) is 13.1. The fourth-order valence-electron chi connectivity index (χ4n) is 2.19. The van der Waals surface area contributed by atoms with Crippen LogP contribution < -0.4 is 4.74 Å². The lowest BCUT2D eigenvalue weighted by atomic mass is 9.91. The predicted molar refractivity (Wildman–Crippen MR) is 96.5 cm³/mol. The average Bonchev–Trinajstić information content (AvgIpc) is 3.13. The molecule has 5 heteroatoms. The molecule has 25 heavy (non-hydrogen) atoms. The minimum atomic E-state index is -0.488. The summed E-state index contributed by atoms with van der Waals surface area (Å²) in [7, 11) is 0. The molecule has 0 saturated carbocycles. The molecule has 0 spiro atoms. The molecule has 1 aromatic carbocycles. The number of benzene rings is 1. The summed E-state index contributed by atoms with van der Waals surface area (Å²) in [4.78, 5) is 16.5. The Morgan fingerprint density at radius 3 is 2.56 bits per heavy atom. The highest BCUT2D eigenvalue weighted by Gasteiger charge is 2.27. The van der Waals surface area contributed by atoms with Crippen molar-refractivity contribution in [3.05, 3.63) is 61.1 Å². The molecule has 2 aromatic heterocycles. The summed E-state index contributed by atoms with van der Waals surface area (Å²) in [5.74, 6) is 0.312. The van der Waals surface area contributed by atoms with E-state index < -0.39 is 5.41 Å². The van der Waals surface area contributed by atoms with Crippen LogP contribution in [0.1, 0.15) is 27.2 Å². The Kier molecular flexibility index (Phi) is 4.65. The van der Waals surface area contributed by atoms with Gasteiger partial charge in [-0.25, -0.2) is 4.68 Å². The summed E-state index contributed by atoms with van der Waals surface area (Å²) in [5.41, 5.74) is 2.22. The van der Waals surface area contributed by atoms with E-state index in [9.17, 15) is 4.79 Å². The molecule has 0 bridgehead atoms. The van der Waals surface area contributed by atoms with E-state index in [4.69, 9.17) is 4.74 Å². The van der Waals surface area contributed by atoms with Crippen molar-refractivity contribution in [1.82, 2.24) is 14.8 Å². The second-order valence-corrected chi connectivity index (χ2v) is 6.51. The molecular formula is C20H21N3O2. The van der Waals surface area contributed by atoms with E-state index in [-0.39, 0.29) is 5.97 Å². The van der Waals surface area contributed by atoms with Crippen molar-refractivity contribution in [3.8, 4) is 22.7 Å². The first kappa shape index (κ1) is 16.9. The number of hydrogen-bond donors (Lipinski definition) is 0. The molecule has 128 valence electrons. The number of esters is 1. The van der Waals surface area contributed by atoms with Crippen LogP contribution in [0.5, 0.6) is 5.75 Å². The van der Waals surface area contributed by atoms with E-state index >= 15 is 0 Å². The normalized spacial score (nSPS) is 11.3. The zero-order chi connectivity index (χ0) is 17.9. The standard InChI is InChI=1S/C20H21N3O2/c1-4-20(2,3)19(24)25-17-10-8-16(9-11-17)23-14-15(13-22-23)18-7-5-6-12-21-18/h5-14H,4H2,1-3H3. The Morgan fingerprint density at radius 2 is 1.92 bits per heavy atom. The molecule has 0 unspecified atom stereocenters. The second-order valence-electron chi connectivity index (χ2n) is 6.51. The number of rotatable bonds is 5. The van der Waals surface area contributed by atoms with Crippen LogP contribution in [0.3, 0.4) is 0 Å². The van der Waals surface area contributed by atoms with Crippen molar-refractivity contribution < 1.29 is 9.53 Å². The highest BCUT2D eigenvalue weighted by molar-refractivity contribution is 5.78. The zero-order valence-corrected chi connectivity index (χ0v) is 14.6. The first-order valence-corrected chi connectivity index (χ1v) is 8.28. The molecule has 3 rings (SSSR count). The Labute approximate surface area is 147 Å². The van der Waals surface area contributed by atoms with E-state index in [1.807, 2.05) is 57.3 Å². The van der Waals surface area contributed by atoms with Gasteiger partial charge in [0.15, 0.2) is 0 Å². The SMILES string of the molecule is CCC(C)(C)C(=O)Oc1ccc(-n2cc(-c3ccccn3)cn2)cc1. The molecule has 0 aliphatic carbocycles. The van der Waals surface area contributed by atoms with Gasteiger partial charge in [0.2, 0.25) is 0 Å². The fraction of sp³-hybridized carbons (Fsp3) is 0.250. The molecule has 0 aliphatic heterocycles. The van der Waals surface area contributed by atoms with Crippen LogP contribution in [0.4, 0.5) is 0 Å².